The van der Waals surface area contributed by atoms with Gasteiger partial charge in [0.2, 0.25) is 0 Å². The summed E-state index contributed by atoms with van der Waals surface area (Å²) in [6.45, 7) is 5.55. The monoisotopic (exact) mass is 388 g/mol. The van der Waals surface area contributed by atoms with Gasteiger partial charge in [-0.25, -0.2) is 0 Å². The normalized spacial score (nSPS) is 37.4. The lowest BCUT2D eigenvalue weighted by atomic mass is 9.69. The van der Waals surface area contributed by atoms with Crippen LogP contribution in [0.2, 0.25) is 0 Å². The second-order valence-electron chi connectivity index (χ2n) is 10.5. The molecule has 1 nitrogen and oxygen atoms in total. The number of ether oxygens (including phenoxy) is 1. The van der Waals surface area contributed by atoms with E-state index in [0.29, 0.717) is 6.10 Å². The van der Waals surface area contributed by atoms with Crippen LogP contribution in [0.4, 0.5) is 0 Å². The largest absolute Gasteiger partial charge is 0.378 e. The van der Waals surface area contributed by atoms with E-state index in [9.17, 15) is 0 Å². The molecule has 0 unspecified atom stereocenters. The maximum atomic E-state index is 6.41. The van der Waals surface area contributed by atoms with E-state index in [-0.39, 0.29) is 0 Å². The highest BCUT2D eigenvalue weighted by atomic mass is 16.5. The second kappa shape index (κ2) is 12.4. The number of hydrogen-bond donors (Lipinski definition) is 0. The lowest BCUT2D eigenvalue weighted by Crippen LogP contribution is -2.29. The number of unbranched alkanes of at least 4 members (excludes halogenated alkanes) is 2. The Morgan fingerprint density at radius 2 is 1.32 bits per heavy atom. The molecule has 1 heteroatoms. The van der Waals surface area contributed by atoms with Gasteiger partial charge in [-0.2, -0.15) is 0 Å². The average molecular weight is 389 g/mol. The highest BCUT2D eigenvalue weighted by Crippen LogP contribution is 2.42. The first-order valence-electron chi connectivity index (χ1n) is 13.0. The van der Waals surface area contributed by atoms with Gasteiger partial charge in [-0.05, 0) is 114 Å². The molecule has 0 heterocycles. The highest BCUT2D eigenvalue weighted by Gasteiger charge is 2.31. The molecule has 0 aromatic heterocycles. The zero-order valence-corrected chi connectivity index (χ0v) is 19.0. The van der Waals surface area contributed by atoms with Crippen LogP contribution in [-0.2, 0) is 4.74 Å². The Kier molecular flexibility index (Phi) is 9.92. The molecule has 3 fully saturated rings. The first kappa shape index (κ1) is 22.4. The minimum atomic E-state index is 0.585. The lowest BCUT2D eigenvalue weighted by Gasteiger charge is -2.38. The quantitative estimate of drug-likeness (QED) is 0.285. The van der Waals surface area contributed by atoms with E-state index in [1.807, 2.05) is 0 Å². The molecule has 0 radical (unpaired) electrons. The molecular formula is C27H48O. The van der Waals surface area contributed by atoms with Crippen molar-refractivity contribution in [3.8, 4) is 0 Å². The van der Waals surface area contributed by atoms with Gasteiger partial charge in [0.1, 0.15) is 0 Å². The molecule has 3 aliphatic carbocycles. The van der Waals surface area contributed by atoms with E-state index >= 15 is 0 Å². The molecule has 3 rings (SSSR count). The van der Waals surface area contributed by atoms with Crippen LogP contribution in [0.15, 0.2) is 12.2 Å². The molecule has 0 bridgehead atoms. The highest BCUT2D eigenvalue weighted by molar-refractivity contribution is 4.90. The number of allylic oxidation sites excluding steroid dienone is 2. The maximum absolute atomic E-state index is 6.41. The molecule has 0 spiro atoms. The van der Waals surface area contributed by atoms with Crippen LogP contribution >= 0.6 is 0 Å². The standard InChI is InChI=1S/C27H48O/c1-3-5-6-8-23-13-19-27(20-14-23)28-21-24-11-17-26(18-12-24)25-15-9-22(7-4-2)10-16-25/h4,7,22-27H,3,5-6,8-21H2,1-2H3. The van der Waals surface area contributed by atoms with E-state index in [4.69, 9.17) is 4.74 Å². The van der Waals surface area contributed by atoms with Crippen molar-refractivity contribution in [2.24, 2.45) is 29.6 Å². The Balaban J connectivity index is 1.25. The average Bonchev–Trinajstić information content (AvgIpc) is 2.75. The molecule has 0 atom stereocenters. The fourth-order valence-electron chi connectivity index (χ4n) is 6.45. The van der Waals surface area contributed by atoms with Crippen molar-refractivity contribution >= 4 is 0 Å². The van der Waals surface area contributed by atoms with E-state index < -0.39 is 0 Å². The van der Waals surface area contributed by atoms with Gasteiger partial charge in [0, 0.05) is 6.61 Å². The summed E-state index contributed by atoms with van der Waals surface area (Å²) < 4.78 is 6.41. The third-order valence-corrected chi connectivity index (χ3v) is 8.42. The Hall–Kier alpha value is -0.300. The van der Waals surface area contributed by atoms with Crippen molar-refractivity contribution in [2.45, 2.75) is 123 Å². The van der Waals surface area contributed by atoms with Crippen molar-refractivity contribution < 1.29 is 4.74 Å². The van der Waals surface area contributed by atoms with Gasteiger partial charge >= 0.3 is 0 Å². The molecule has 0 aromatic rings. The summed E-state index contributed by atoms with van der Waals surface area (Å²) in [4.78, 5) is 0. The summed E-state index contributed by atoms with van der Waals surface area (Å²) in [6, 6.07) is 0. The summed E-state index contributed by atoms with van der Waals surface area (Å²) in [6.07, 6.45) is 28.2. The van der Waals surface area contributed by atoms with Gasteiger partial charge in [-0.15, -0.1) is 0 Å². The SMILES string of the molecule is CC=CC1CCC(C2CCC(COC3CCC(CCCCC)CC3)CC2)CC1. The zero-order chi connectivity index (χ0) is 19.6. The van der Waals surface area contributed by atoms with Gasteiger partial charge in [0.15, 0.2) is 0 Å². The predicted molar refractivity (Wildman–Crippen MR) is 122 cm³/mol. The maximum Gasteiger partial charge on any atom is 0.0575 e. The van der Waals surface area contributed by atoms with Gasteiger partial charge in [0.05, 0.1) is 6.10 Å². The van der Waals surface area contributed by atoms with Crippen LogP contribution in [0.5, 0.6) is 0 Å². The molecule has 28 heavy (non-hydrogen) atoms. The Morgan fingerprint density at radius 1 is 0.714 bits per heavy atom. The molecule has 162 valence electrons. The minimum absolute atomic E-state index is 0.585. The summed E-state index contributed by atoms with van der Waals surface area (Å²) in [5.41, 5.74) is 0. The molecule has 0 saturated heterocycles. The van der Waals surface area contributed by atoms with E-state index in [0.717, 1.165) is 36.2 Å². The Morgan fingerprint density at radius 3 is 1.93 bits per heavy atom. The molecule has 0 amide bonds. The van der Waals surface area contributed by atoms with Crippen molar-refractivity contribution in [2.75, 3.05) is 6.61 Å². The second-order valence-corrected chi connectivity index (χ2v) is 10.5. The van der Waals surface area contributed by atoms with Crippen molar-refractivity contribution in [3.05, 3.63) is 12.2 Å². The van der Waals surface area contributed by atoms with Gasteiger partial charge in [-0.1, -0.05) is 44.8 Å². The minimum Gasteiger partial charge on any atom is -0.378 e. The van der Waals surface area contributed by atoms with Crippen LogP contribution in [0.3, 0.4) is 0 Å². The zero-order valence-electron chi connectivity index (χ0n) is 19.0. The van der Waals surface area contributed by atoms with Gasteiger partial charge < -0.3 is 4.74 Å². The summed E-state index contributed by atoms with van der Waals surface area (Å²) in [7, 11) is 0. The summed E-state index contributed by atoms with van der Waals surface area (Å²) in [5, 5.41) is 0. The molecular weight excluding hydrogens is 340 g/mol. The topological polar surface area (TPSA) is 9.23 Å². The molecule has 0 aromatic carbocycles. The van der Waals surface area contributed by atoms with Gasteiger partial charge in [0.25, 0.3) is 0 Å². The summed E-state index contributed by atoms with van der Waals surface area (Å²) >= 11 is 0. The predicted octanol–water partition coefficient (Wildman–Crippen LogP) is 8.33. The Bertz CT molecular complexity index is 418. The summed E-state index contributed by atoms with van der Waals surface area (Å²) in [5.74, 6) is 4.81. The Labute approximate surface area is 176 Å². The van der Waals surface area contributed by atoms with Crippen molar-refractivity contribution in [1.29, 1.82) is 0 Å². The van der Waals surface area contributed by atoms with Crippen LogP contribution in [0, 0.1) is 29.6 Å². The smallest absolute Gasteiger partial charge is 0.0575 e. The third-order valence-electron chi connectivity index (χ3n) is 8.42. The fraction of sp³-hybridized carbons (Fsp3) is 0.926. The molecule has 3 aliphatic rings. The van der Waals surface area contributed by atoms with E-state index in [1.165, 1.54) is 103 Å². The van der Waals surface area contributed by atoms with E-state index in [2.05, 4.69) is 26.0 Å². The van der Waals surface area contributed by atoms with Crippen molar-refractivity contribution in [3.63, 3.8) is 0 Å². The number of hydrogen-bond acceptors (Lipinski definition) is 1. The first-order valence-corrected chi connectivity index (χ1v) is 13.0. The van der Waals surface area contributed by atoms with E-state index in [1.54, 1.807) is 0 Å². The van der Waals surface area contributed by atoms with Crippen LogP contribution in [0.25, 0.3) is 0 Å². The molecule has 0 N–H and O–H groups in total. The third kappa shape index (κ3) is 7.19. The van der Waals surface area contributed by atoms with Crippen LogP contribution in [0.1, 0.15) is 117 Å². The van der Waals surface area contributed by atoms with Crippen molar-refractivity contribution in [1.82, 2.24) is 0 Å². The van der Waals surface area contributed by atoms with Crippen LogP contribution < -0.4 is 0 Å². The molecule has 3 saturated carbocycles. The van der Waals surface area contributed by atoms with Crippen LogP contribution in [-0.4, -0.2) is 12.7 Å². The fourth-order valence-corrected chi connectivity index (χ4v) is 6.45. The molecule has 0 aliphatic heterocycles. The van der Waals surface area contributed by atoms with Gasteiger partial charge in [-0.3, -0.25) is 0 Å². The number of rotatable bonds is 9. The lowest BCUT2D eigenvalue weighted by molar-refractivity contribution is -0.0128. The first-order chi connectivity index (χ1) is 13.8.